The predicted molar refractivity (Wildman–Crippen MR) is 127 cm³/mol. The van der Waals surface area contributed by atoms with E-state index in [2.05, 4.69) is 16.6 Å². The lowest BCUT2D eigenvalue weighted by Gasteiger charge is -2.15. The zero-order chi connectivity index (χ0) is 23.7. The first kappa shape index (κ1) is 24.1. The topological polar surface area (TPSA) is 81.7 Å². The second-order valence-corrected chi connectivity index (χ2v) is 8.77. The average Bonchev–Trinajstić information content (AvgIpc) is 2.84. The summed E-state index contributed by atoms with van der Waals surface area (Å²) in [6, 6.07) is 22.1. The van der Waals surface area contributed by atoms with Gasteiger partial charge in [-0.3, -0.25) is 4.79 Å². The van der Waals surface area contributed by atoms with Crippen LogP contribution in [0.4, 0.5) is 0 Å². The molecule has 0 aromatic heterocycles. The van der Waals surface area contributed by atoms with Crippen LogP contribution in [0.2, 0.25) is 0 Å². The monoisotopic (exact) mass is 463 g/mol. The Kier molecular flexibility index (Phi) is 8.25. The quantitative estimate of drug-likeness (QED) is 0.403. The van der Waals surface area contributed by atoms with Crippen LogP contribution in [-0.2, 0) is 19.6 Å². The Morgan fingerprint density at radius 2 is 1.70 bits per heavy atom. The van der Waals surface area contributed by atoms with E-state index in [9.17, 15) is 13.2 Å². The van der Waals surface area contributed by atoms with E-state index < -0.39 is 22.0 Å². The molecule has 1 N–H and O–H groups in total. The van der Waals surface area contributed by atoms with Crippen LogP contribution in [0.25, 0.3) is 11.1 Å². The lowest BCUT2D eigenvalue weighted by molar-refractivity contribution is -0.142. The van der Waals surface area contributed by atoms with Gasteiger partial charge in [0.25, 0.3) is 0 Å². The lowest BCUT2D eigenvalue weighted by atomic mass is 10.1. The van der Waals surface area contributed by atoms with E-state index in [0.717, 1.165) is 22.4 Å². The normalized spacial score (nSPS) is 11.7. The third-order valence-corrected chi connectivity index (χ3v) is 6.23. The van der Waals surface area contributed by atoms with Crippen LogP contribution in [0, 0.1) is 11.8 Å². The Bertz CT molecular complexity index is 1240. The summed E-state index contributed by atoms with van der Waals surface area (Å²) < 4.78 is 38.5. The number of esters is 1. The summed E-state index contributed by atoms with van der Waals surface area (Å²) in [6.07, 6.45) is -0.0247. The summed E-state index contributed by atoms with van der Waals surface area (Å²) in [5, 5.41) is 0. The highest BCUT2D eigenvalue weighted by molar-refractivity contribution is 7.89. The van der Waals surface area contributed by atoms with E-state index in [1.54, 1.807) is 12.1 Å². The van der Waals surface area contributed by atoms with Crippen molar-refractivity contribution < 1.29 is 22.7 Å². The van der Waals surface area contributed by atoms with Crippen LogP contribution < -0.4 is 9.46 Å². The van der Waals surface area contributed by atoms with E-state index in [1.807, 2.05) is 61.5 Å². The van der Waals surface area contributed by atoms with Crippen molar-refractivity contribution in [2.45, 2.75) is 24.3 Å². The molecule has 3 aromatic carbocycles. The number of hydrogen-bond acceptors (Lipinski definition) is 5. The van der Waals surface area contributed by atoms with Crippen LogP contribution in [0.1, 0.15) is 18.9 Å². The largest absolute Gasteiger partial charge is 0.494 e. The third-order valence-electron chi connectivity index (χ3n) is 4.74. The summed E-state index contributed by atoms with van der Waals surface area (Å²) in [6.45, 7) is 2.47. The zero-order valence-electron chi connectivity index (χ0n) is 18.4. The molecular formula is C26H25NO5S. The van der Waals surface area contributed by atoms with Crippen molar-refractivity contribution in [3.63, 3.8) is 0 Å². The zero-order valence-corrected chi connectivity index (χ0v) is 19.3. The number of hydrogen-bond donors (Lipinski definition) is 1. The lowest BCUT2D eigenvalue weighted by Crippen LogP contribution is -2.41. The van der Waals surface area contributed by atoms with Gasteiger partial charge >= 0.3 is 5.97 Å². The molecule has 0 fully saturated rings. The van der Waals surface area contributed by atoms with Crippen molar-refractivity contribution in [2.75, 3.05) is 13.7 Å². The molecular weight excluding hydrogens is 438 g/mol. The van der Waals surface area contributed by atoms with E-state index in [0.29, 0.717) is 6.61 Å². The van der Waals surface area contributed by atoms with Crippen LogP contribution >= 0.6 is 0 Å². The van der Waals surface area contributed by atoms with Crippen molar-refractivity contribution in [3.8, 4) is 28.7 Å². The molecule has 170 valence electrons. The molecule has 33 heavy (non-hydrogen) atoms. The van der Waals surface area contributed by atoms with Gasteiger partial charge in [0.1, 0.15) is 11.8 Å². The Morgan fingerprint density at radius 1 is 0.970 bits per heavy atom. The molecule has 0 aliphatic carbocycles. The van der Waals surface area contributed by atoms with Gasteiger partial charge in [0, 0.05) is 12.0 Å². The maximum Gasteiger partial charge on any atom is 0.324 e. The molecule has 0 saturated carbocycles. The number of carbonyl (C=O) groups excluding carboxylic acids is 1. The molecule has 7 heteroatoms. The summed E-state index contributed by atoms with van der Waals surface area (Å²) in [7, 11) is -2.76. The first-order valence-electron chi connectivity index (χ1n) is 10.4. The van der Waals surface area contributed by atoms with Crippen molar-refractivity contribution in [1.82, 2.24) is 4.72 Å². The van der Waals surface area contributed by atoms with Gasteiger partial charge in [0.05, 0.1) is 18.6 Å². The molecule has 0 radical (unpaired) electrons. The fourth-order valence-corrected chi connectivity index (χ4v) is 4.29. The van der Waals surface area contributed by atoms with E-state index >= 15 is 0 Å². The minimum absolute atomic E-state index is 0.0247. The number of methoxy groups -OCH3 is 1. The summed E-state index contributed by atoms with van der Waals surface area (Å²) in [5.41, 5.74) is 2.52. The molecule has 0 amide bonds. The smallest absolute Gasteiger partial charge is 0.324 e. The van der Waals surface area contributed by atoms with Crippen LogP contribution in [-0.4, -0.2) is 34.1 Å². The predicted octanol–water partition coefficient (Wildman–Crippen LogP) is 4.01. The van der Waals surface area contributed by atoms with Gasteiger partial charge in [0.15, 0.2) is 0 Å². The molecule has 3 rings (SSSR count). The van der Waals surface area contributed by atoms with Gasteiger partial charge in [-0.25, -0.2) is 8.42 Å². The summed E-state index contributed by atoms with van der Waals surface area (Å²) >= 11 is 0. The number of ether oxygens (including phenoxy) is 2. The van der Waals surface area contributed by atoms with E-state index in [-0.39, 0.29) is 11.3 Å². The number of sulfonamides is 1. The van der Waals surface area contributed by atoms with Crippen molar-refractivity contribution in [3.05, 3.63) is 84.4 Å². The Hall–Kier alpha value is -3.60. The van der Waals surface area contributed by atoms with Gasteiger partial charge in [-0.2, -0.15) is 4.72 Å². The number of rotatable bonds is 8. The highest BCUT2D eigenvalue weighted by Gasteiger charge is 2.25. The molecule has 0 saturated heterocycles. The number of nitrogens with one attached hydrogen (secondary N) is 1. The molecule has 1 atom stereocenters. The molecule has 0 aliphatic rings. The maximum atomic E-state index is 12.9. The molecule has 1 unspecified atom stereocenters. The fourth-order valence-electron chi connectivity index (χ4n) is 3.11. The van der Waals surface area contributed by atoms with Crippen molar-refractivity contribution >= 4 is 16.0 Å². The standard InChI is InChI=1S/C26H25NO5S/c1-3-32-23-13-8-12-22(19-23)21-15-17-24(18-16-21)33(29,30)27-25(26(28)31-2)14-7-11-20-9-5-4-6-10-20/h4-6,8-10,12-13,15-19,25,27H,3,14H2,1-2H3. The molecule has 3 aromatic rings. The molecule has 6 nitrogen and oxygen atoms in total. The van der Waals surface area contributed by atoms with Crippen LogP contribution in [0.15, 0.2) is 83.8 Å². The molecule has 0 heterocycles. The van der Waals surface area contributed by atoms with Gasteiger partial charge < -0.3 is 9.47 Å². The number of carbonyl (C=O) groups is 1. The van der Waals surface area contributed by atoms with Gasteiger partial charge in [-0.15, -0.1) is 0 Å². The fraction of sp³-hybridized carbons (Fsp3) is 0.192. The van der Waals surface area contributed by atoms with Crippen LogP contribution in [0.5, 0.6) is 5.75 Å². The summed E-state index contributed by atoms with van der Waals surface area (Å²) in [4.78, 5) is 12.2. The number of benzene rings is 3. The van der Waals surface area contributed by atoms with E-state index in [4.69, 9.17) is 9.47 Å². The molecule has 0 bridgehead atoms. The van der Waals surface area contributed by atoms with Gasteiger partial charge in [0.2, 0.25) is 10.0 Å². The maximum absolute atomic E-state index is 12.9. The molecule has 0 spiro atoms. The van der Waals surface area contributed by atoms with Gasteiger partial charge in [-0.05, 0) is 54.4 Å². The summed E-state index contributed by atoms with van der Waals surface area (Å²) in [5.74, 6) is 5.80. The van der Waals surface area contributed by atoms with Crippen LogP contribution in [0.3, 0.4) is 0 Å². The third kappa shape index (κ3) is 6.69. The molecule has 0 aliphatic heterocycles. The Morgan fingerprint density at radius 3 is 2.36 bits per heavy atom. The first-order chi connectivity index (χ1) is 15.9. The second-order valence-electron chi connectivity index (χ2n) is 7.05. The average molecular weight is 464 g/mol. The Balaban J connectivity index is 1.76. The van der Waals surface area contributed by atoms with Crippen molar-refractivity contribution in [1.29, 1.82) is 0 Å². The highest BCUT2D eigenvalue weighted by atomic mass is 32.2. The second kappa shape index (κ2) is 11.3. The minimum Gasteiger partial charge on any atom is -0.494 e. The first-order valence-corrected chi connectivity index (χ1v) is 11.9. The highest BCUT2D eigenvalue weighted by Crippen LogP contribution is 2.25. The van der Waals surface area contributed by atoms with E-state index in [1.165, 1.54) is 19.2 Å². The van der Waals surface area contributed by atoms with Gasteiger partial charge in [-0.1, -0.05) is 54.3 Å². The Labute approximate surface area is 194 Å². The SMILES string of the molecule is CCOc1cccc(-c2ccc(S(=O)(=O)NC(CC#Cc3ccccc3)C(=O)OC)cc2)c1. The van der Waals surface area contributed by atoms with Crippen molar-refractivity contribution in [2.24, 2.45) is 0 Å². The minimum atomic E-state index is -3.97.